The summed E-state index contributed by atoms with van der Waals surface area (Å²) in [5.41, 5.74) is 2.29. The topological polar surface area (TPSA) is 58.3 Å². The molecule has 136 valence electrons. The van der Waals surface area contributed by atoms with Crippen molar-refractivity contribution in [1.29, 1.82) is 0 Å². The first kappa shape index (κ1) is 16.8. The van der Waals surface area contributed by atoms with Crippen LogP contribution in [0.2, 0.25) is 0 Å². The zero-order valence-corrected chi connectivity index (χ0v) is 15.1. The zero-order chi connectivity index (χ0) is 18.1. The quantitative estimate of drug-likeness (QED) is 0.702. The summed E-state index contributed by atoms with van der Waals surface area (Å²) in [6, 6.07) is 9.17. The van der Waals surface area contributed by atoms with Gasteiger partial charge < -0.3 is 10.2 Å². The average Bonchev–Trinajstić information content (AvgIpc) is 3.41. The summed E-state index contributed by atoms with van der Waals surface area (Å²) in [5.74, 6) is 1.95. The second-order valence-electron chi connectivity index (χ2n) is 6.63. The predicted molar refractivity (Wildman–Crippen MR) is 100 cm³/mol. The lowest BCUT2D eigenvalue weighted by atomic mass is 10.1. The van der Waals surface area contributed by atoms with E-state index < -0.39 is 0 Å². The van der Waals surface area contributed by atoms with Gasteiger partial charge in [0.15, 0.2) is 11.5 Å². The molecule has 0 amide bonds. The van der Waals surface area contributed by atoms with Crippen LogP contribution in [0, 0.1) is 5.82 Å². The summed E-state index contributed by atoms with van der Waals surface area (Å²) in [4.78, 5) is 2.01. The number of benzene rings is 1. The molecule has 1 aromatic carbocycles. The maximum atomic E-state index is 14.4. The first-order valence-electron chi connectivity index (χ1n) is 9.19. The van der Waals surface area contributed by atoms with Crippen molar-refractivity contribution >= 4 is 17.2 Å². The molecule has 1 saturated carbocycles. The highest BCUT2D eigenvalue weighted by molar-refractivity contribution is 5.50. The number of anilines is 2. The lowest BCUT2D eigenvalue weighted by Gasteiger charge is -2.22. The third-order valence-corrected chi connectivity index (χ3v) is 4.82. The van der Waals surface area contributed by atoms with Crippen molar-refractivity contribution in [3.05, 3.63) is 47.5 Å². The molecule has 1 N–H and O–H groups in total. The summed E-state index contributed by atoms with van der Waals surface area (Å²) in [7, 11) is 0. The Labute approximate surface area is 152 Å². The number of aromatic nitrogens is 4. The smallest absolute Gasteiger partial charge is 0.178 e. The third-order valence-electron chi connectivity index (χ3n) is 4.82. The minimum absolute atomic E-state index is 0.189. The first-order chi connectivity index (χ1) is 12.7. The van der Waals surface area contributed by atoms with Gasteiger partial charge in [0.2, 0.25) is 0 Å². The molecule has 7 heteroatoms. The molecule has 0 spiro atoms. The summed E-state index contributed by atoms with van der Waals surface area (Å²) >= 11 is 0. The SMILES string of the molecule is CCN(CC)c1ccc(CNc2ccc3nnc(C4CC4)n3n2)cc1F. The van der Waals surface area contributed by atoms with E-state index in [4.69, 9.17) is 0 Å². The minimum atomic E-state index is -0.189. The van der Waals surface area contributed by atoms with Crippen molar-refractivity contribution in [2.45, 2.75) is 39.2 Å². The second kappa shape index (κ2) is 6.90. The zero-order valence-electron chi connectivity index (χ0n) is 15.1. The van der Waals surface area contributed by atoms with E-state index in [0.29, 0.717) is 18.2 Å². The van der Waals surface area contributed by atoms with E-state index >= 15 is 0 Å². The number of nitrogens with one attached hydrogen (secondary N) is 1. The van der Waals surface area contributed by atoms with Gasteiger partial charge in [-0.1, -0.05) is 6.07 Å². The molecule has 0 bridgehead atoms. The summed E-state index contributed by atoms with van der Waals surface area (Å²) in [6.45, 7) is 6.14. The normalized spacial score (nSPS) is 14.0. The van der Waals surface area contributed by atoms with Crippen LogP contribution in [0.25, 0.3) is 5.65 Å². The molecule has 4 rings (SSSR count). The van der Waals surface area contributed by atoms with Crippen molar-refractivity contribution in [2.24, 2.45) is 0 Å². The molecule has 1 fully saturated rings. The van der Waals surface area contributed by atoms with E-state index in [9.17, 15) is 4.39 Å². The number of rotatable bonds is 7. The summed E-state index contributed by atoms with van der Waals surface area (Å²) < 4.78 is 16.2. The van der Waals surface area contributed by atoms with E-state index in [-0.39, 0.29) is 5.82 Å². The highest BCUT2D eigenvalue weighted by Crippen LogP contribution is 2.38. The standard InChI is InChI=1S/C19H23FN6/c1-3-25(4-2)16-8-5-13(11-15(16)20)12-21-17-9-10-18-22-23-19(14-6-7-14)26(18)24-17/h5,8-11,14H,3-4,6-7,12H2,1-2H3,(H,21,24). The van der Waals surface area contributed by atoms with E-state index in [2.05, 4.69) is 20.6 Å². The highest BCUT2D eigenvalue weighted by atomic mass is 19.1. The van der Waals surface area contributed by atoms with Gasteiger partial charge in [-0.2, -0.15) is 4.52 Å². The fourth-order valence-electron chi connectivity index (χ4n) is 3.17. The van der Waals surface area contributed by atoms with Gasteiger partial charge in [0.25, 0.3) is 0 Å². The Kier molecular flexibility index (Phi) is 4.44. The Hall–Kier alpha value is -2.70. The first-order valence-corrected chi connectivity index (χ1v) is 9.19. The molecule has 0 radical (unpaired) electrons. The Bertz CT molecular complexity index is 914. The molecule has 0 unspecified atom stereocenters. The van der Waals surface area contributed by atoms with Crippen molar-refractivity contribution in [3.63, 3.8) is 0 Å². The van der Waals surface area contributed by atoms with Crippen LogP contribution in [0.1, 0.15) is 44.0 Å². The number of halogens is 1. The number of nitrogens with zero attached hydrogens (tertiary/aromatic N) is 5. The van der Waals surface area contributed by atoms with Crippen molar-refractivity contribution in [2.75, 3.05) is 23.3 Å². The van der Waals surface area contributed by atoms with Gasteiger partial charge in [0.05, 0.1) is 5.69 Å². The molecule has 6 nitrogen and oxygen atoms in total. The van der Waals surface area contributed by atoms with E-state index in [1.165, 1.54) is 0 Å². The molecule has 26 heavy (non-hydrogen) atoms. The molecular formula is C19H23FN6. The third kappa shape index (κ3) is 3.21. The van der Waals surface area contributed by atoms with Gasteiger partial charge in [0.1, 0.15) is 11.6 Å². The fraction of sp³-hybridized carbons (Fsp3) is 0.421. The van der Waals surface area contributed by atoms with Gasteiger partial charge in [0, 0.05) is 25.6 Å². The Morgan fingerprint density at radius 1 is 1.15 bits per heavy atom. The second-order valence-corrected chi connectivity index (χ2v) is 6.63. The molecule has 3 aromatic rings. The van der Waals surface area contributed by atoms with Gasteiger partial charge >= 0.3 is 0 Å². The van der Waals surface area contributed by atoms with Gasteiger partial charge in [-0.05, 0) is 56.5 Å². The lowest BCUT2D eigenvalue weighted by molar-refractivity contribution is 0.618. The number of hydrogen-bond acceptors (Lipinski definition) is 5. The van der Waals surface area contributed by atoms with Crippen LogP contribution in [-0.2, 0) is 6.54 Å². The predicted octanol–water partition coefficient (Wildman–Crippen LogP) is 3.60. The molecule has 1 aliphatic carbocycles. The van der Waals surface area contributed by atoms with Gasteiger partial charge in [-0.15, -0.1) is 15.3 Å². The summed E-state index contributed by atoms with van der Waals surface area (Å²) in [6.07, 6.45) is 2.30. The van der Waals surface area contributed by atoms with Crippen molar-refractivity contribution < 1.29 is 4.39 Å². The number of fused-ring (bicyclic) bond motifs is 1. The largest absolute Gasteiger partial charge is 0.370 e. The highest BCUT2D eigenvalue weighted by Gasteiger charge is 2.29. The Balaban J connectivity index is 1.49. The van der Waals surface area contributed by atoms with E-state index in [0.717, 1.165) is 48.8 Å². The van der Waals surface area contributed by atoms with E-state index in [1.807, 2.05) is 47.5 Å². The van der Waals surface area contributed by atoms with Crippen LogP contribution in [0.5, 0.6) is 0 Å². The molecule has 0 aliphatic heterocycles. The van der Waals surface area contributed by atoms with Crippen LogP contribution in [0.4, 0.5) is 15.9 Å². The van der Waals surface area contributed by atoms with Crippen LogP contribution < -0.4 is 10.2 Å². The minimum Gasteiger partial charge on any atom is -0.370 e. The lowest BCUT2D eigenvalue weighted by Crippen LogP contribution is -2.23. The molecule has 2 aromatic heterocycles. The van der Waals surface area contributed by atoms with Crippen molar-refractivity contribution in [3.8, 4) is 0 Å². The van der Waals surface area contributed by atoms with Gasteiger partial charge in [-0.3, -0.25) is 0 Å². The fourth-order valence-corrected chi connectivity index (χ4v) is 3.17. The van der Waals surface area contributed by atoms with Crippen LogP contribution in [-0.4, -0.2) is 32.9 Å². The van der Waals surface area contributed by atoms with Gasteiger partial charge in [-0.25, -0.2) is 4.39 Å². The molecular weight excluding hydrogens is 331 g/mol. The van der Waals surface area contributed by atoms with Crippen molar-refractivity contribution in [1.82, 2.24) is 19.8 Å². The molecule has 2 heterocycles. The molecule has 0 atom stereocenters. The molecule has 0 saturated heterocycles. The van der Waals surface area contributed by atoms with Crippen LogP contribution >= 0.6 is 0 Å². The Morgan fingerprint density at radius 2 is 1.96 bits per heavy atom. The maximum Gasteiger partial charge on any atom is 0.178 e. The Morgan fingerprint density at radius 3 is 2.65 bits per heavy atom. The number of hydrogen-bond donors (Lipinski definition) is 1. The van der Waals surface area contributed by atoms with E-state index in [1.54, 1.807) is 6.07 Å². The van der Waals surface area contributed by atoms with Crippen LogP contribution in [0.15, 0.2) is 30.3 Å². The molecule has 1 aliphatic rings. The average molecular weight is 354 g/mol. The maximum absolute atomic E-state index is 14.4. The monoisotopic (exact) mass is 354 g/mol. The summed E-state index contributed by atoms with van der Waals surface area (Å²) in [5, 5.41) is 16.3. The van der Waals surface area contributed by atoms with Crippen LogP contribution in [0.3, 0.4) is 0 Å².